The Morgan fingerprint density at radius 2 is 1.46 bits per heavy atom. The van der Waals surface area contributed by atoms with E-state index in [0.29, 0.717) is 32.4 Å². The lowest BCUT2D eigenvalue weighted by Crippen LogP contribution is -2.59. The summed E-state index contributed by atoms with van der Waals surface area (Å²) in [6.07, 6.45) is 5.61. The zero-order valence-corrected chi connectivity index (χ0v) is 33.9. The number of alkyl carbamates (subject to hydrolysis) is 1. The lowest BCUT2D eigenvalue weighted by Gasteiger charge is -2.43. The molecule has 4 rings (SSSR count). The molecule has 1 aliphatic heterocycles. The van der Waals surface area contributed by atoms with Crippen molar-refractivity contribution in [3.8, 4) is 0 Å². The van der Waals surface area contributed by atoms with E-state index >= 15 is 0 Å². The van der Waals surface area contributed by atoms with Crippen molar-refractivity contribution in [3.05, 3.63) is 90.5 Å². The van der Waals surface area contributed by atoms with Gasteiger partial charge >= 0.3 is 6.09 Å². The summed E-state index contributed by atoms with van der Waals surface area (Å²) in [5.74, 6) is -0.969. The zero-order valence-electron chi connectivity index (χ0n) is 32.9. The van der Waals surface area contributed by atoms with Crippen molar-refractivity contribution in [3.63, 3.8) is 0 Å². The molecule has 0 bridgehead atoms. The number of carbonyl (C=O) groups excluding carboxylic acids is 3. The van der Waals surface area contributed by atoms with Gasteiger partial charge in [0, 0.05) is 31.4 Å². The summed E-state index contributed by atoms with van der Waals surface area (Å²) in [7, 11) is -2.44. The standard InChI is InChI=1S/C41H61N5O5Si/c1-29(2)36(38(48)46-26-33(27-46)45-22-21-42-28-45)44-37(47)32(23-30-17-13-11-14-18-30)25-35(51-52(9,10)41(6,7)8)34(24-31-19-15-12-16-20-31)43-39(49)50-40(3,4)5/h11-22,28-29,32-36H,23-27H2,1-10H3,(H,43,49)(H,44,47)/t32-,34+,35-,36-/m0/s1. The van der Waals surface area contributed by atoms with E-state index in [0.717, 1.165) is 11.1 Å². The van der Waals surface area contributed by atoms with Gasteiger partial charge < -0.3 is 29.3 Å². The predicted octanol–water partition coefficient (Wildman–Crippen LogP) is 7.18. The van der Waals surface area contributed by atoms with Gasteiger partial charge in [0.25, 0.3) is 0 Å². The quantitative estimate of drug-likeness (QED) is 0.160. The first-order valence-corrected chi connectivity index (χ1v) is 21.6. The van der Waals surface area contributed by atoms with Crippen LogP contribution in [0.2, 0.25) is 18.1 Å². The molecule has 0 saturated carbocycles. The van der Waals surface area contributed by atoms with Crippen LogP contribution >= 0.6 is 0 Å². The first-order valence-electron chi connectivity index (χ1n) is 18.6. The smallest absolute Gasteiger partial charge is 0.407 e. The number of imidazole rings is 1. The molecule has 52 heavy (non-hydrogen) atoms. The van der Waals surface area contributed by atoms with Gasteiger partial charge in [0.05, 0.1) is 24.5 Å². The van der Waals surface area contributed by atoms with E-state index in [1.54, 1.807) is 12.5 Å². The van der Waals surface area contributed by atoms with Crippen molar-refractivity contribution < 1.29 is 23.5 Å². The number of rotatable bonds is 15. The molecule has 1 aromatic heterocycles. The number of nitrogens with zero attached hydrogens (tertiary/aromatic N) is 3. The number of ether oxygens (including phenoxy) is 1. The molecule has 10 nitrogen and oxygen atoms in total. The van der Waals surface area contributed by atoms with E-state index in [-0.39, 0.29) is 28.8 Å². The number of hydrogen-bond acceptors (Lipinski definition) is 6. The molecule has 3 aromatic rings. The molecule has 4 atom stereocenters. The van der Waals surface area contributed by atoms with Crippen LogP contribution in [0.25, 0.3) is 0 Å². The van der Waals surface area contributed by atoms with E-state index in [4.69, 9.17) is 9.16 Å². The van der Waals surface area contributed by atoms with Crippen LogP contribution in [0.1, 0.15) is 79.0 Å². The van der Waals surface area contributed by atoms with E-state index in [2.05, 4.69) is 49.5 Å². The molecule has 284 valence electrons. The fourth-order valence-electron chi connectivity index (χ4n) is 6.20. The van der Waals surface area contributed by atoms with Gasteiger partial charge in [0.2, 0.25) is 11.8 Å². The summed E-state index contributed by atoms with van der Waals surface area (Å²) >= 11 is 0. The third-order valence-electron chi connectivity index (χ3n) is 10.3. The molecule has 1 fully saturated rings. The second-order valence-corrected chi connectivity index (χ2v) is 21.9. The number of aromatic nitrogens is 2. The average Bonchev–Trinajstić information content (AvgIpc) is 3.55. The Balaban J connectivity index is 1.67. The Labute approximate surface area is 312 Å². The highest BCUT2D eigenvalue weighted by Crippen LogP contribution is 2.39. The number of benzene rings is 2. The Morgan fingerprint density at radius 1 is 0.885 bits per heavy atom. The molecule has 11 heteroatoms. The first kappa shape index (κ1) is 40.8. The van der Waals surface area contributed by atoms with E-state index in [1.165, 1.54) is 0 Å². The number of amides is 3. The van der Waals surface area contributed by atoms with Crippen LogP contribution in [0.3, 0.4) is 0 Å². The third-order valence-corrected chi connectivity index (χ3v) is 14.8. The van der Waals surface area contributed by atoms with E-state index in [9.17, 15) is 14.4 Å². The van der Waals surface area contributed by atoms with Crippen LogP contribution < -0.4 is 10.6 Å². The Bertz CT molecular complexity index is 1580. The minimum atomic E-state index is -2.44. The molecule has 0 aliphatic carbocycles. The number of hydrogen-bond donors (Lipinski definition) is 2. The van der Waals surface area contributed by atoms with Crippen molar-refractivity contribution in [1.82, 2.24) is 25.1 Å². The lowest BCUT2D eigenvalue weighted by molar-refractivity contribution is -0.143. The van der Waals surface area contributed by atoms with Crippen molar-refractivity contribution >= 4 is 26.2 Å². The Morgan fingerprint density at radius 3 is 1.96 bits per heavy atom. The predicted molar refractivity (Wildman–Crippen MR) is 208 cm³/mol. The van der Waals surface area contributed by atoms with Crippen molar-refractivity contribution in [2.75, 3.05) is 13.1 Å². The normalized spacial score (nSPS) is 16.4. The fraction of sp³-hybridized carbons (Fsp3) is 0.561. The van der Waals surface area contributed by atoms with Crippen molar-refractivity contribution in [1.29, 1.82) is 0 Å². The van der Waals surface area contributed by atoms with Crippen molar-refractivity contribution in [2.24, 2.45) is 11.8 Å². The highest BCUT2D eigenvalue weighted by Gasteiger charge is 2.43. The number of carbonyl (C=O) groups is 3. The van der Waals surface area contributed by atoms with Gasteiger partial charge in [0.1, 0.15) is 11.6 Å². The molecule has 1 saturated heterocycles. The number of likely N-dealkylation sites (tertiary alicyclic amines) is 1. The molecule has 0 spiro atoms. The van der Waals surface area contributed by atoms with Crippen LogP contribution in [0.15, 0.2) is 79.4 Å². The molecule has 1 aliphatic rings. The molecular formula is C41H61N5O5Si. The Hall–Kier alpha value is -3.96. The maximum absolute atomic E-state index is 14.6. The van der Waals surface area contributed by atoms with Crippen LogP contribution in [-0.2, 0) is 31.6 Å². The molecule has 0 radical (unpaired) electrons. The van der Waals surface area contributed by atoms with Gasteiger partial charge in [-0.05, 0) is 75.2 Å². The highest BCUT2D eigenvalue weighted by atomic mass is 28.4. The summed E-state index contributed by atoms with van der Waals surface area (Å²) in [6, 6.07) is 18.9. The molecule has 2 N–H and O–H groups in total. The summed E-state index contributed by atoms with van der Waals surface area (Å²) in [4.78, 5) is 47.8. The maximum atomic E-state index is 14.6. The third kappa shape index (κ3) is 11.5. The van der Waals surface area contributed by atoms with Gasteiger partial charge in [0.15, 0.2) is 8.32 Å². The van der Waals surface area contributed by atoms with Crippen LogP contribution in [0.4, 0.5) is 4.79 Å². The molecule has 0 unspecified atom stereocenters. The summed E-state index contributed by atoms with van der Waals surface area (Å²) in [6.45, 7) is 21.5. The summed E-state index contributed by atoms with van der Waals surface area (Å²) in [5, 5.41) is 6.22. The fourth-order valence-corrected chi connectivity index (χ4v) is 7.58. The average molecular weight is 732 g/mol. The largest absolute Gasteiger partial charge is 0.444 e. The second-order valence-electron chi connectivity index (χ2n) is 17.1. The van der Waals surface area contributed by atoms with Gasteiger partial charge in [-0.1, -0.05) is 95.3 Å². The highest BCUT2D eigenvalue weighted by molar-refractivity contribution is 6.74. The molecule has 2 heterocycles. The van der Waals surface area contributed by atoms with Gasteiger partial charge in [-0.15, -0.1) is 0 Å². The molecule has 3 amide bonds. The van der Waals surface area contributed by atoms with E-state index in [1.807, 2.05) is 111 Å². The van der Waals surface area contributed by atoms with Crippen LogP contribution in [0.5, 0.6) is 0 Å². The topological polar surface area (TPSA) is 115 Å². The monoisotopic (exact) mass is 731 g/mol. The second kappa shape index (κ2) is 17.2. The Kier molecular flexibility index (Phi) is 13.5. The van der Waals surface area contributed by atoms with Crippen LogP contribution in [-0.4, -0.2) is 77.6 Å². The zero-order chi connectivity index (χ0) is 38.3. The van der Waals surface area contributed by atoms with Gasteiger partial charge in [-0.3, -0.25) is 9.59 Å². The summed E-state index contributed by atoms with van der Waals surface area (Å²) in [5.41, 5.74) is 1.35. The molecule has 2 aromatic carbocycles. The minimum Gasteiger partial charge on any atom is -0.444 e. The van der Waals surface area contributed by atoms with Gasteiger partial charge in [-0.25, -0.2) is 9.78 Å². The van der Waals surface area contributed by atoms with E-state index < -0.39 is 44.1 Å². The maximum Gasteiger partial charge on any atom is 0.407 e. The lowest BCUT2D eigenvalue weighted by atomic mass is 9.88. The van der Waals surface area contributed by atoms with Gasteiger partial charge in [-0.2, -0.15) is 0 Å². The van der Waals surface area contributed by atoms with Crippen molar-refractivity contribution in [2.45, 2.75) is 123 Å². The van der Waals surface area contributed by atoms with Crippen LogP contribution in [0, 0.1) is 11.8 Å². The molecular weight excluding hydrogens is 671 g/mol. The SMILES string of the molecule is CC(C)[C@H](NC(=O)[C@@H](Cc1ccccc1)C[C@H](O[Si](C)(C)C(C)(C)C)[C@@H](Cc1ccccc1)NC(=O)OC(C)(C)C)C(=O)N1CC(n2ccnc2)C1. The summed E-state index contributed by atoms with van der Waals surface area (Å²) < 4.78 is 15.0. The first-order chi connectivity index (χ1) is 24.3. The minimum absolute atomic E-state index is 0.0826. The number of nitrogens with one attached hydrogen (secondary N) is 2.